The predicted molar refractivity (Wildman–Crippen MR) is 86.6 cm³/mol. The minimum atomic E-state index is -0.0876. The molecule has 112 valence electrons. The molecule has 0 radical (unpaired) electrons. The minimum Gasteiger partial charge on any atom is -0.399 e. The van der Waals surface area contributed by atoms with Crippen LogP contribution in [0.2, 0.25) is 5.02 Å². The summed E-state index contributed by atoms with van der Waals surface area (Å²) in [5.41, 5.74) is 6.72. The van der Waals surface area contributed by atoms with Crippen molar-refractivity contribution in [1.29, 1.82) is 0 Å². The summed E-state index contributed by atoms with van der Waals surface area (Å²) >= 11 is 6.07. The fraction of sp³-hybridized carbons (Fsp3) is 0.533. The first-order valence-corrected chi connectivity index (χ1v) is 7.35. The molecule has 5 heteroatoms. The van der Waals surface area contributed by atoms with Gasteiger partial charge in [0.05, 0.1) is 10.6 Å². The Morgan fingerprint density at radius 3 is 2.75 bits per heavy atom. The zero-order chi connectivity index (χ0) is 13.8. The number of nitrogens with two attached hydrogens (primary N) is 1. The number of hydrogen-bond acceptors (Lipinski definition) is 2. The Morgan fingerprint density at radius 1 is 1.40 bits per heavy atom. The van der Waals surface area contributed by atoms with Gasteiger partial charge < -0.3 is 11.1 Å². The highest BCUT2D eigenvalue weighted by Crippen LogP contribution is 2.27. The molecule has 0 aromatic heterocycles. The molecule has 1 aromatic carbocycles. The van der Waals surface area contributed by atoms with Crippen LogP contribution in [0.3, 0.4) is 0 Å². The molecule has 0 bridgehead atoms. The van der Waals surface area contributed by atoms with Crippen molar-refractivity contribution in [3.63, 3.8) is 0 Å². The van der Waals surface area contributed by atoms with E-state index in [2.05, 4.69) is 12.2 Å². The van der Waals surface area contributed by atoms with E-state index in [1.54, 1.807) is 18.2 Å². The van der Waals surface area contributed by atoms with Crippen LogP contribution in [-0.2, 0) is 0 Å². The van der Waals surface area contributed by atoms with Crippen molar-refractivity contribution in [2.75, 3.05) is 5.73 Å². The third kappa shape index (κ3) is 4.03. The van der Waals surface area contributed by atoms with Gasteiger partial charge in [-0.25, -0.2) is 0 Å². The quantitative estimate of drug-likeness (QED) is 0.827. The lowest BCUT2D eigenvalue weighted by Gasteiger charge is -2.31. The Labute approximate surface area is 131 Å². The van der Waals surface area contributed by atoms with Gasteiger partial charge in [-0.15, -0.1) is 12.4 Å². The van der Waals surface area contributed by atoms with E-state index in [4.69, 9.17) is 17.3 Å². The average Bonchev–Trinajstić information content (AvgIpc) is 2.39. The maximum absolute atomic E-state index is 12.3. The Morgan fingerprint density at radius 2 is 2.10 bits per heavy atom. The topological polar surface area (TPSA) is 55.1 Å². The molecular weight excluding hydrogens is 295 g/mol. The van der Waals surface area contributed by atoms with E-state index < -0.39 is 0 Å². The maximum atomic E-state index is 12.3. The van der Waals surface area contributed by atoms with Crippen LogP contribution in [0.1, 0.15) is 49.4 Å². The van der Waals surface area contributed by atoms with E-state index in [9.17, 15) is 4.79 Å². The molecule has 2 unspecified atom stereocenters. The number of hydrogen-bond donors (Lipinski definition) is 2. The molecule has 1 saturated carbocycles. The van der Waals surface area contributed by atoms with Gasteiger partial charge in [0, 0.05) is 11.7 Å². The summed E-state index contributed by atoms with van der Waals surface area (Å²) in [6.07, 6.45) is 5.85. The lowest BCUT2D eigenvalue weighted by molar-refractivity contribution is 0.0905. The predicted octanol–water partition coefficient (Wildman–Crippen LogP) is 4.04. The number of carbonyl (C=O) groups is 1. The van der Waals surface area contributed by atoms with Crippen molar-refractivity contribution in [1.82, 2.24) is 5.32 Å². The molecule has 1 aliphatic rings. The zero-order valence-electron chi connectivity index (χ0n) is 11.7. The van der Waals surface area contributed by atoms with E-state index in [1.807, 2.05) is 0 Å². The highest BCUT2D eigenvalue weighted by atomic mass is 35.5. The van der Waals surface area contributed by atoms with Crippen molar-refractivity contribution in [2.24, 2.45) is 5.92 Å². The molecule has 1 aliphatic carbocycles. The van der Waals surface area contributed by atoms with Gasteiger partial charge in [-0.1, -0.05) is 37.8 Å². The van der Waals surface area contributed by atoms with Gasteiger partial charge in [0.1, 0.15) is 0 Å². The number of nitrogen functional groups attached to an aromatic ring is 1. The number of benzene rings is 1. The first-order valence-electron chi connectivity index (χ1n) is 6.97. The number of amides is 1. The van der Waals surface area contributed by atoms with E-state index in [-0.39, 0.29) is 24.4 Å². The van der Waals surface area contributed by atoms with E-state index in [0.29, 0.717) is 22.2 Å². The van der Waals surface area contributed by atoms with Crippen LogP contribution in [-0.4, -0.2) is 11.9 Å². The SMILES string of the molecule is CCC1CCCCC1NC(=O)c1ccc(N)cc1Cl.Cl. The molecule has 1 amide bonds. The number of rotatable bonds is 3. The van der Waals surface area contributed by atoms with Gasteiger partial charge in [0.15, 0.2) is 0 Å². The summed E-state index contributed by atoms with van der Waals surface area (Å²) in [4.78, 5) is 12.3. The number of nitrogens with one attached hydrogen (secondary N) is 1. The second-order valence-electron chi connectivity index (χ2n) is 5.27. The maximum Gasteiger partial charge on any atom is 0.253 e. The van der Waals surface area contributed by atoms with E-state index >= 15 is 0 Å². The van der Waals surface area contributed by atoms with Crippen LogP contribution in [0.15, 0.2) is 18.2 Å². The van der Waals surface area contributed by atoms with Gasteiger partial charge in [-0.05, 0) is 37.0 Å². The van der Waals surface area contributed by atoms with Crippen molar-refractivity contribution in [3.8, 4) is 0 Å². The van der Waals surface area contributed by atoms with Crippen LogP contribution >= 0.6 is 24.0 Å². The molecule has 0 saturated heterocycles. The van der Waals surface area contributed by atoms with Crippen molar-refractivity contribution >= 4 is 35.6 Å². The average molecular weight is 317 g/mol. The van der Waals surface area contributed by atoms with Gasteiger partial charge in [0.25, 0.3) is 5.91 Å². The van der Waals surface area contributed by atoms with Crippen molar-refractivity contribution in [2.45, 2.75) is 45.1 Å². The number of halogens is 2. The third-order valence-electron chi connectivity index (χ3n) is 3.99. The number of anilines is 1. The highest BCUT2D eigenvalue weighted by Gasteiger charge is 2.25. The Hall–Kier alpha value is -0.930. The third-order valence-corrected chi connectivity index (χ3v) is 4.30. The van der Waals surface area contributed by atoms with E-state index in [0.717, 1.165) is 12.8 Å². The molecule has 0 aliphatic heterocycles. The normalized spacial score (nSPS) is 21.9. The molecule has 1 fully saturated rings. The first-order chi connectivity index (χ1) is 9.11. The smallest absolute Gasteiger partial charge is 0.253 e. The van der Waals surface area contributed by atoms with Crippen LogP contribution in [0, 0.1) is 5.92 Å². The molecule has 0 spiro atoms. The summed E-state index contributed by atoms with van der Waals surface area (Å²) < 4.78 is 0. The van der Waals surface area contributed by atoms with Crippen LogP contribution < -0.4 is 11.1 Å². The van der Waals surface area contributed by atoms with Gasteiger partial charge >= 0.3 is 0 Å². The highest BCUT2D eigenvalue weighted by molar-refractivity contribution is 6.34. The Bertz CT molecular complexity index is 465. The molecule has 1 aromatic rings. The second kappa shape index (κ2) is 7.75. The molecule has 20 heavy (non-hydrogen) atoms. The fourth-order valence-electron chi connectivity index (χ4n) is 2.85. The van der Waals surface area contributed by atoms with E-state index in [1.165, 1.54) is 19.3 Å². The summed E-state index contributed by atoms with van der Waals surface area (Å²) in [5, 5.41) is 3.55. The van der Waals surface area contributed by atoms with Gasteiger partial charge in [-0.3, -0.25) is 4.79 Å². The second-order valence-corrected chi connectivity index (χ2v) is 5.68. The Balaban J connectivity index is 0.00000200. The zero-order valence-corrected chi connectivity index (χ0v) is 13.3. The first kappa shape index (κ1) is 17.1. The fourth-order valence-corrected chi connectivity index (χ4v) is 3.12. The molecule has 0 heterocycles. The summed E-state index contributed by atoms with van der Waals surface area (Å²) in [7, 11) is 0. The van der Waals surface area contributed by atoms with Crippen LogP contribution in [0.4, 0.5) is 5.69 Å². The molecule has 3 nitrogen and oxygen atoms in total. The summed E-state index contributed by atoms with van der Waals surface area (Å²) in [6.45, 7) is 2.19. The molecule has 2 rings (SSSR count). The largest absolute Gasteiger partial charge is 0.399 e. The number of carbonyl (C=O) groups excluding carboxylic acids is 1. The lowest BCUT2D eigenvalue weighted by Crippen LogP contribution is -2.42. The van der Waals surface area contributed by atoms with Gasteiger partial charge in [-0.2, -0.15) is 0 Å². The molecular formula is C15H22Cl2N2O. The monoisotopic (exact) mass is 316 g/mol. The van der Waals surface area contributed by atoms with Crippen molar-refractivity contribution < 1.29 is 4.79 Å². The lowest BCUT2D eigenvalue weighted by atomic mass is 9.83. The standard InChI is InChI=1S/C15H21ClN2O.ClH/c1-2-10-5-3-4-6-14(10)18-15(19)12-8-7-11(17)9-13(12)16;/h7-10,14H,2-6,17H2,1H3,(H,18,19);1H. The molecule has 3 N–H and O–H groups in total. The van der Waals surface area contributed by atoms with Crippen molar-refractivity contribution in [3.05, 3.63) is 28.8 Å². The summed E-state index contributed by atoms with van der Waals surface area (Å²) in [5.74, 6) is 0.501. The van der Waals surface area contributed by atoms with Crippen LogP contribution in [0.25, 0.3) is 0 Å². The van der Waals surface area contributed by atoms with Crippen LogP contribution in [0.5, 0.6) is 0 Å². The van der Waals surface area contributed by atoms with Gasteiger partial charge in [0.2, 0.25) is 0 Å². The minimum absolute atomic E-state index is 0. The Kier molecular flexibility index (Phi) is 6.63. The summed E-state index contributed by atoms with van der Waals surface area (Å²) in [6, 6.07) is 5.30. The molecule has 2 atom stereocenters.